The number of aromatic nitrogens is 2. The van der Waals surface area contributed by atoms with E-state index in [1.807, 2.05) is 0 Å². The summed E-state index contributed by atoms with van der Waals surface area (Å²) in [5.74, 6) is -0.128. The lowest BCUT2D eigenvalue weighted by Gasteiger charge is -2.29. The number of rotatable bonds is 5. The SMILES string of the molecule is C=CC(=O)N1CCOc2c1ccc1ncnc(NCCC(=O)O)c21. The van der Waals surface area contributed by atoms with Crippen LogP contribution in [0.15, 0.2) is 31.1 Å². The van der Waals surface area contributed by atoms with E-state index in [1.165, 1.54) is 12.4 Å². The number of nitrogens with one attached hydrogen (secondary N) is 1. The Kier molecular flexibility index (Phi) is 4.28. The predicted molar refractivity (Wildman–Crippen MR) is 88.3 cm³/mol. The number of aliphatic carboxylic acids is 1. The summed E-state index contributed by atoms with van der Waals surface area (Å²) in [6.07, 6.45) is 2.61. The fraction of sp³-hybridized carbons (Fsp3) is 0.250. The maximum atomic E-state index is 12.0. The third kappa shape index (κ3) is 2.85. The van der Waals surface area contributed by atoms with Gasteiger partial charge >= 0.3 is 5.97 Å². The average Bonchev–Trinajstić information content (AvgIpc) is 2.60. The summed E-state index contributed by atoms with van der Waals surface area (Å²) in [5, 5.41) is 12.4. The number of hydrogen-bond donors (Lipinski definition) is 2. The van der Waals surface area contributed by atoms with Crippen LogP contribution in [0.25, 0.3) is 10.9 Å². The molecule has 0 bridgehead atoms. The van der Waals surface area contributed by atoms with E-state index in [4.69, 9.17) is 9.84 Å². The normalized spacial score (nSPS) is 13.1. The molecule has 0 aliphatic carbocycles. The Bertz CT molecular complexity index is 821. The molecule has 8 nitrogen and oxygen atoms in total. The lowest BCUT2D eigenvalue weighted by molar-refractivity contribution is -0.136. The van der Waals surface area contributed by atoms with E-state index in [2.05, 4.69) is 21.9 Å². The van der Waals surface area contributed by atoms with Gasteiger partial charge in [-0.2, -0.15) is 0 Å². The van der Waals surface area contributed by atoms with E-state index in [0.29, 0.717) is 41.3 Å². The van der Waals surface area contributed by atoms with Crippen molar-refractivity contribution in [3.8, 4) is 5.75 Å². The number of ether oxygens (including phenoxy) is 1. The van der Waals surface area contributed by atoms with Crippen LogP contribution >= 0.6 is 0 Å². The van der Waals surface area contributed by atoms with Crippen molar-refractivity contribution < 1.29 is 19.4 Å². The predicted octanol–water partition coefficient (Wildman–Crippen LogP) is 1.43. The highest BCUT2D eigenvalue weighted by Gasteiger charge is 2.25. The molecule has 1 aromatic carbocycles. The molecule has 2 aromatic rings. The first-order valence-corrected chi connectivity index (χ1v) is 7.42. The summed E-state index contributed by atoms with van der Waals surface area (Å²) in [4.78, 5) is 32.7. The van der Waals surface area contributed by atoms with Crippen LogP contribution in [0.2, 0.25) is 0 Å². The van der Waals surface area contributed by atoms with Crippen molar-refractivity contribution in [2.24, 2.45) is 0 Å². The standard InChI is InChI=1S/C16H16N4O4/c1-2-12(21)20-7-8-24-15-11(20)4-3-10-14(15)16(19-9-18-10)17-6-5-13(22)23/h2-4,9H,1,5-8H2,(H,22,23)(H,17,18,19). The lowest BCUT2D eigenvalue weighted by atomic mass is 10.1. The maximum absolute atomic E-state index is 12.0. The highest BCUT2D eigenvalue weighted by molar-refractivity contribution is 6.07. The van der Waals surface area contributed by atoms with Crippen LogP contribution in [-0.4, -0.2) is 46.6 Å². The molecule has 2 N–H and O–H groups in total. The number of carboxylic acid groups (broad SMARTS) is 1. The Balaban J connectivity index is 2.06. The first kappa shape index (κ1) is 15.7. The van der Waals surface area contributed by atoms with Crippen LogP contribution < -0.4 is 15.0 Å². The van der Waals surface area contributed by atoms with Crippen LogP contribution in [0.5, 0.6) is 5.75 Å². The molecule has 0 saturated carbocycles. The molecule has 0 spiro atoms. The van der Waals surface area contributed by atoms with Crippen LogP contribution in [-0.2, 0) is 9.59 Å². The number of carbonyl (C=O) groups is 2. The van der Waals surface area contributed by atoms with E-state index >= 15 is 0 Å². The quantitative estimate of drug-likeness (QED) is 0.800. The second-order valence-electron chi connectivity index (χ2n) is 5.14. The van der Waals surface area contributed by atoms with Gasteiger partial charge < -0.3 is 20.1 Å². The van der Waals surface area contributed by atoms with E-state index < -0.39 is 5.97 Å². The van der Waals surface area contributed by atoms with Gasteiger partial charge in [0, 0.05) is 6.54 Å². The molecule has 1 aliphatic heterocycles. The summed E-state index contributed by atoms with van der Waals surface area (Å²) in [7, 11) is 0. The molecule has 0 saturated heterocycles. The first-order chi connectivity index (χ1) is 11.6. The summed E-state index contributed by atoms with van der Waals surface area (Å²) >= 11 is 0. The molecule has 3 rings (SSSR count). The number of amides is 1. The molecule has 8 heteroatoms. The topological polar surface area (TPSA) is 105 Å². The largest absolute Gasteiger partial charge is 0.489 e. The molecule has 1 amide bonds. The molecule has 1 aromatic heterocycles. The fourth-order valence-electron chi connectivity index (χ4n) is 2.59. The molecule has 124 valence electrons. The van der Waals surface area contributed by atoms with Crippen LogP contribution in [0.3, 0.4) is 0 Å². The second-order valence-corrected chi connectivity index (χ2v) is 5.14. The Morgan fingerprint density at radius 2 is 2.25 bits per heavy atom. The minimum atomic E-state index is -0.901. The molecule has 1 aliphatic rings. The van der Waals surface area contributed by atoms with Gasteiger partial charge in [0.25, 0.3) is 5.91 Å². The van der Waals surface area contributed by atoms with Gasteiger partial charge in [0.15, 0.2) is 5.75 Å². The number of fused-ring (bicyclic) bond motifs is 3. The average molecular weight is 328 g/mol. The van der Waals surface area contributed by atoms with E-state index in [1.54, 1.807) is 17.0 Å². The lowest BCUT2D eigenvalue weighted by Crippen LogP contribution is -2.36. The first-order valence-electron chi connectivity index (χ1n) is 7.42. The van der Waals surface area contributed by atoms with Crippen molar-refractivity contribution in [1.29, 1.82) is 0 Å². The monoisotopic (exact) mass is 328 g/mol. The van der Waals surface area contributed by atoms with Gasteiger partial charge in [-0.15, -0.1) is 0 Å². The Labute approximate surface area is 137 Å². The summed E-state index contributed by atoms with van der Waals surface area (Å²) in [6.45, 7) is 4.52. The van der Waals surface area contributed by atoms with E-state index in [9.17, 15) is 9.59 Å². The van der Waals surface area contributed by atoms with Crippen molar-refractivity contribution in [3.05, 3.63) is 31.1 Å². The van der Waals surface area contributed by atoms with Gasteiger partial charge in [-0.3, -0.25) is 9.59 Å². The zero-order valence-corrected chi connectivity index (χ0v) is 12.9. The number of hydrogen-bond acceptors (Lipinski definition) is 6. The number of carboxylic acids is 1. The minimum absolute atomic E-state index is 0.0392. The molecular formula is C16H16N4O4. The van der Waals surface area contributed by atoms with Crippen molar-refractivity contribution in [2.75, 3.05) is 29.9 Å². The molecule has 0 atom stereocenters. The zero-order valence-electron chi connectivity index (χ0n) is 12.9. The molecule has 0 radical (unpaired) electrons. The van der Waals surface area contributed by atoms with Crippen molar-refractivity contribution in [3.63, 3.8) is 0 Å². The highest BCUT2D eigenvalue weighted by atomic mass is 16.5. The number of benzene rings is 1. The van der Waals surface area contributed by atoms with Gasteiger partial charge in [0.1, 0.15) is 18.8 Å². The third-order valence-corrected chi connectivity index (χ3v) is 3.66. The summed E-state index contributed by atoms with van der Waals surface area (Å²) in [5.41, 5.74) is 1.27. The van der Waals surface area contributed by atoms with Gasteiger partial charge in [-0.05, 0) is 18.2 Å². The second kappa shape index (κ2) is 6.53. The van der Waals surface area contributed by atoms with Gasteiger partial charge in [-0.1, -0.05) is 6.58 Å². The highest BCUT2D eigenvalue weighted by Crippen LogP contribution is 2.40. The zero-order chi connectivity index (χ0) is 17.1. The van der Waals surface area contributed by atoms with E-state index in [-0.39, 0.29) is 18.9 Å². The number of carbonyl (C=O) groups excluding carboxylic acids is 1. The van der Waals surface area contributed by atoms with Gasteiger partial charge in [-0.25, -0.2) is 9.97 Å². The molecule has 2 heterocycles. The van der Waals surface area contributed by atoms with Crippen LogP contribution in [0.1, 0.15) is 6.42 Å². The summed E-state index contributed by atoms with van der Waals surface area (Å²) in [6, 6.07) is 3.54. The van der Waals surface area contributed by atoms with Crippen molar-refractivity contribution >= 4 is 34.3 Å². The molecule has 0 fully saturated rings. The van der Waals surface area contributed by atoms with Crippen molar-refractivity contribution in [1.82, 2.24) is 9.97 Å². The Morgan fingerprint density at radius 1 is 1.42 bits per heavy atom. The Hall–Kier alpha value is -3.16. The smallest absolute Gasteiger partial charge is 0.305 e. The summed E-state index contributed by atoms with van der Waals surface area (Å²) < 4.78 is 5.77. The number of anilines is 2. The fourth-order valence-corrected chi connectivity index (χ4v) is 2.59. The van der Waals surface area contributed by atoms with E-state index in [0.717, 1.165) is 0 Å². The van der Waals surface area contributed by atoms with Crippen LogP contribution in [0, 0.1) is 0 Å². The Morgan fingerprint density at radius 3 is 3.00 bits per heavy atom. The van der Waals surface area contributed by atoms with Gasteiger partial charge in [0.2, 0.25) is 0 Å². The van der Waals surface area contributed by atoms with Crippen molar-refractivity contribution in [2.45, 2.75) is 6.42 Å². The number of nitrogens with zero attached hydrogens (tertiary/aromatic N) is 3. The molecular weight excluding hydrogens is 312 g/mol. The third-order valence-electron chi connectivity index (χ3n) is 3.66. The maximum Gasteiger partial charge on any atom is 0.305 e. The molecule has 24 heavy (non-hydrogen) atoms. The minimum Gasteiger partial charge on any atom is -0.489 e. The van der Waals surface area contributed by atoms with Crippen LogP contribution in [0.4, 0.5) is 11.5 Å². The molecule has 0 unspecified atom stereocenters. The van der Waals surface area contributed by atoms with Gasteiger partial charge in [0.05, 0.1) is 29.6 Å².